The van der Waals surface area contributed by atoms with Crippen LogP contribution in [0.4, 0.5) is 0 Å². The second-order valence-corrected chi connectivity index (χ2v) is 8.84. The summed E-state index contributed by atoms with van der Waals surface area (Å²) < 4.78 is 0. The molecule has 0 aliphatic carbocycles. The summed E-state index contributed by atoms with van der Waals surface area (Å²) >= 11 is 1.53. The molecular weight excluding hydrogens is 394 g/mol. The van der Waals surface area contributed by atoms with E-state index in [0.717, 1.165) is 35.9 Å². The van der Waals surface area contributed by atoms with E-state index >= 15 is 0 Å². The molecule has 0 N–H and O–H groups in total. The van der Waals surface area contributed by atoms with E-state index < -0.39 is 0 Å². The first kappa shape index (κ1) is 22.3. The van der Waals surface area contributed by atoms with E-state index in [9.17, 15) is 9.59 Å². The summed E-state index contributed by atoms with van der Waals surface area (Å²) in [6, 6.07) is 9.97. The number of rotatable bonds is 6. The largest absolute Gasteiger partial charge is 0.343 e. The smallest absolute Gasteiger partial charge is 0.256 e. The van der Waals surface area contributed by atoms with Gasteiger partial charge < -0.3 is 9.80 Å². The normalized spacial score (nSPS) is 14.6. The molecule has 3 rings (SSSR count). The third kappa shape index (κ3) is 5.04. The Labute approximate surface area is 183 Å². The van der Waals surface area contributed by atoms with Crippen molar-refractivity contribution in [3.63, 3.8) is 0 Å². The first-order chi connectivity index (χ1) is 14.4. The fourth-order valence-electron chi connectivity index (χ4n) is 3.82. The van der Waals surface area contributed by atoms with Gasteiger partial charge in [-0.2, -0.15) is 0 Å². The van der Waals surface area contributed by atoms with E-state index in [0.29, 0.717) is 18.7 Å². The third-order valence-electron chi connectivity index (χ3n) is 5.90. The van der Waals surface area contributed by atoms with Gasteiger partial charge in [0.05, 0.1) is 5.56 Å². The monoisotopic (exact) mass is 425 g/mol. The molecule has 6 heteroatoms. The van der Waals surface area contributed by atoms with E-state index in [1.54, 1.807) is 6.20 Å². The molecule has 0 spiro atoms. The number of aryl methyl sites for hydroxylation is 2. The minimum absolute atomic E-state index is 0.00294. The Hall–Kier alpha value is -2.34. The standard InChI is InChI=1S/C24H31N3O2S/c1-5-26(6-2)23(28)19-11-14-27(15-12-19)24(29)21-8-7-13-25-22(21)30-20-10-9-17(3)18(4)16-20/h7-10,13,16,19H,5-6,11-12,14-15H2,1-4H3. The van der Waals surface area contributed by atoms with E-state index in [1.165, 1.54) is 22.9 Å². The molecule has 30 heavy (non-hydrogen) atoms. The Morgan fingerprint density at radius 3 is 2.43 bits per heavy atom. The summed E-state index contributed by atoms with van der Waals surface area (Å²) in [6.45, 7) is 10.9. The summed E-state index contributed by atoms with van der Waals surface area (Å²) in [7, 11) is 0. The Bertz CT molecular complexity index is 903. The third-order valence-corrected chi connectivity index (χ3v) is 6.91. The molecule has 5 nitrogen and oxygen atoms in total. The van der Waals surface area contributed by atoms with Crippen molar-refractivity contribution < 1.29 is 9.59 Å². The summed E-state index contributed by atoms with van der Waals surface area (Å²) in [5.41, 5.74) is 3.11. The van der Waals surface area contributed by atoms with Crippen molar-refractivity contribution in [2.45, 2.75) is 50.5 Å². The van der Waals surface area contributed by atoms with Crippen molar-refractivity contribution in [1.82, 2.24) is 14.8 Å². The van der Waals surface area contributed by atoms with Crippen LogP contribution in [0.5, 0.6) is 0 Å². The lowest BCUT2D eigenvalue weighted by Crippen LogP contribution is -2.44. The van der Waals surface area contributed by atoms with Gasteiger partial charge >= 0.3 is 0 Å². The molecule has 0 atom stereocenters. The number of hydrogen-bond acceptors (Lipinski definition) is 4. The number of carbonyl (C=O) groups excluding carboxylic acids is 2. The van der Waals surface area contributed by atoms with Crippen molar-refractivity contribution in [2.24, 2.45) is 5.92 Å². The van der Waals surface area contributed by atoms with Gasteiger partial charge in [0.25, 0.3) is 5.91 Å². The van der Waals surface area contributed by atoms with Crippen LogP contribution in [0.3, 0.4) is 0 Å². The zero-order valence-corrected chi connectivity index (χ0v) is 19.2. The molecule has 1 aliphatic rings. The molecule has 1 fully saturated rings. The molecule has 1 aromatic heterocycles. The number of carbonyl (C=O) groups is 2. The molecule has 0 radical (unpaired) electrons. The number of piperidine rings is 1. The van der Waals surface area contributed by atoms with Crippen molar-refractivity contribution in [2.75, 3.05) is 26.2 Å². The molecular formula is C24H31N3O2S. The molecule has 1 aliphatic heterocycles. The minimum Gasteiger partial charge on any atom is -0.343 e. The fraction of sp³-hybridized carbons (Fsp3) is 0.458. The Kier molecular flexibility index (Phi) is 7.53. The quantitative estimate of drug-likeness (QED) is 0.680. The minimum atomic E-state index is 0.00294. The summed E-state index contributed by atoms with van der Waals surface area (Å²) in [5.74, 6) is 0.245. The van der Waals surface area contributed by atoms with Crippen LogP contribution in [0.25, 0.3) is 0 Å². The van der Waals surface area contributed by atoms with Gasteiger partial charge in [-0.25, -0.2) is 4.98 Å². The van der Waals surface area contributed by atoms with Crippen LogP contribution in [-0.2, 0) is 4.79 Å². The predicted octanol–water partition coefficient (Wildman–Crippen LogP) is 4.57. The second-order valence-electron chi connectivity index (χ2n) is 7.78. The Morgan fingerprint density at radius 2 is 1.80 bits per heavy atom. The van der Waals surface area contributed by atoms with Crippen LogP contribution in [0.1, 0.15) is 48.2 Å². The highest BCUT2D eigenvalue weighted by atomic mass is 32.2. The lowest BCUT2D eigenvalue weighted by atomic mass is 9.95. The first-order valence-electron chi connectivity index (χ1n) is 10.7. The van der Waals surface area contributed by atoms with E-state index in [-0.39, 0.29) is 17.7 Å². The maximum atomic E-state index is 13.2. The zero-order valence-electron chi connectivity index (χ0n) is 18.4. The second kappa shape index (κ2) is 10.1. The van der Waals surface area contributed by atoms with Crippen LogP contribution >= 0.6 is 11.8 Å². The van der Waals surface area contributed by atoms with Crippen LogP contribution in [0.15, 0.2) is 46.5 Å². The van der Waals surface area contributed by atoms with Gasteiger partial charge in [0.15, 0.2) is 0 Å². The fourth-order valence-corrected chi connectivity index (χ4v) is 4.79. The Balaban J connectivity index is 1.69. The highest BCUT2D eigenvalue weighted by Gasteiger charge is 2.30. The number of nitrogens with zero attached hydrogens (tertiary/aromatic N) is 3. The van der Waals surface area contributed by atoms with Crippen LogP contribution in [-0.4, -0.2) is 52.8 Å². The van der Waals surface area contributed by atoms with Gasteiger partial charge in [-0.1, -0.05) is 17.8 Å². The lowest BCUT2D eigenvalue weighted by molar-refractivity contribution is -0.136. The molecule has 2 heterocycles. The zero-order chi connectivity index (χ0) is 21.7. The van der Waals surface area contributed by atoms with E-state index in [2.05, 4.69) is 37.0 Å². The van der Waals surface area contributed by atoms with Gasteiger partial charge in [0.2, 0.25) is 5.91 Å². The van der Waals surface area contributed by atoms with Crippen molar-refractivity contribution >= 4 is 23.6 Å². The highest BCUT2D eigenvalue weighted by Crippen LogP contribution is 2.31. The van der Waals surface area contributed by atoms with Crippen molar-refractivity contribution in [3.8, 4) is 0 Å². The number of aromatic nitrogens is 1. The maximum absolute atomic E-state index is 13.2. The average Bonchev–Trinajstić information content (AvgIpc) is 2.77. The molecule has 0 bridgehead atoms. The molecule has 2 aromatic rings. The summed E-state index contributed by atoms with van der Waals surface area (Å²) in [4.78, 5) is 35.2. The number of pyridine rings is 1. The van der Waals surface area contributed by atoms with E-state index in [4.69, 9.17) is 0 Å². The molecule has 0 saturated carbocycles. The predicted molar refractivity (Wildman–Crippen MR) is 121 cm³/mol. The van der Waals surface area contributed by atoms with Gasteiger partial charge in [-0.05, 0) is 75.9 Å². The van der Waals surface area contributed by atoms with Crippen LogP contribution in [0, 0.1) is 19.8 Å². The molecule has 1 saturated heterocycles. The number of amides is 2. The van der Waals surface area contributed by atoms with Crippen LogP contribution < -0.4 is 0 Å². The molecule has 1 aromatic carbocycles. The maximum Gasteiger partial charge on any atom is 0.256 e. The van der Waals surface area contributed by atoms with E-state index in [1.807, 2.05) is 35.8 Å². The van der Waals surface area contributed by atoms with Gasteiger partial charge in [-0.3, -0.25) is 9.59 Å². The highest BCUT2D eigenvalue weighted by molar-refractivity contribution is 7.99. The lowest BCUT2D eigenvalue weighted by Gasteiger charge is -2.34. The van der Waals surface area contributed by atoms with Gasteiger partial charge in [-0.15, -0.1) is 0 Å². The number of likely N-dealkylation sites (tertiary alicyclic amines) is 1. The van der Waals surface area contributed by atoms with Crippen molar-refractivity contribution in [1.29, 1.82) is 0 Å². The molecule has 0 unspecified atom stereocenters. The van der Waals surface area contributed by atoms with Gasteiger partial charge in [0, 0.05) is 43.2 Å². The molecule has 2 amide bonds. The molecule has 160 valence electrons. The summed E-state index contributed by atoms with van der Waals surface area (Å²) in [6.07, 6.45) is 3.18. The number of benzene rings is 1. The SMILES string of the molecule is CCN(CC)C(=O)C1CCN(C(=O)c2cccnc2Sc2ccc(C)c(C)c2)CC1. The topological polar surface area (TPSA) is 53.5 Å². The van der Waals surface area contributed by atoms with Gasteiger partial charge in [0.1, 0.15) is 5.03 Å². The first-order valence-corrected chi connectivity index (χ1v) is 11.5. The summed E-state index contributed by atoms with van der Waals surface area (Å²) in [5, 5.41) is 0.729. The van der Waals surface area contributed by atoms with Crippen LogP contribution in [0.2, 0.25) is 0 Å². The van der Waals surface area contributed by atoms with Crippen molar-refractivity contribution in [3.05, 3.63) is 53.2 Å². The average molecular weight is 426 g/mol. The Morgan fingerprint density at radius 1 is 1.10 bits per heavy atom. The number of hydrogen-bond donors (Lipinski definition) is 0.